The van der Waals surface area contributed by atoms with E-state index in [4.69, 9.17) is 15.2 Å². The van der Waals surface area contributed by atoms with Gasteiger partial charge in [-0.05, 0) is 38.1 Å². The van der Waals surface area contributed by atoms with E-state index < -0.39 is 5.97 Å². The number of ether oxygens (including phenoxy) is 2. The highest BCUT2D eigenvalue weighted by Crippen LogP contribution is 2.23. The Bertz CT molecular complexity index is 641. The van der Waals surface area contributed by atoms with Gasteiger partial charge in [0.2, 0.25) is 0 Å². The summed E-state index contributed by atoms with van der Waals surface area (Å²) in [6.07, 6.45) is 0. The van der Waals surface area contributed by atoms with E-state index in [1.807, 2.05) is 25.1 Å². The highest BCUT2D eigenvalue weighted by molar-refractivity contribution is 5.93. The molecule has 0 radical (unpaired) electrons. The van der Waals surface area contributed by atoms with Crippen molar-refractivity contribution in [3.05, 3.63) is 53.3 Å². The molecule has 0 unspecified atom stereocenters. The number of pyridine rings is 1. The van der Waals surface area contributed by atoms with E-state index in [1.54, 1.807) is 25.1 Å². The number of hydrogen-bond acceptors (Lipinski definition) is 5. The number of nitrogens with zero attached hydrogens (tertiary/aromatic N) is 1. The molecule has 0 saturated heterocycles. The maximum Gasteiger partial charge on any atom is 0.341 e. The van der Waals surface area contributed by atoms with Crippen molar-refractivity contribution in [2.75, 3.05) is 12.3 Å². The first-order valence-electron chi connectivity index (χ1n) is 6.72. The van der Waals surface area contributed by atoms with Crippen LogP contribution in [0.15, 0.2) is 36.4 Å². The molecule has 2 N–H and O–H groups in total. The van der Waals surface area contributed by atoms with Crippen molar-refractivity contribution in [3.63, 3.8) is 0 Å². The number of carbonyl (C=O) groups excluding carboxylic acids is 1. The fraction of sp³-hybridized carbons (Fsp3) is 0.250. The van der Waals surface area contributed by atoms with Gasteiger partial charge in [-0.1, -0.05) is 6.07 Å². The van der Waals surface area contributed by atoms with Crippen LogP contribution in [0, 0.1) is 6.92 Å². The number of aryl methyl sites for hydroxylation is 1. The Morgan fingerprint density at radius 1 is 1.29 bits per heavy atom. The molecule has 1 aromatic carbocycles. The molecule has 2 aromatic rings. The molecule has 0 amide bonds. The van der Waals surface area contributed by atoms with E-state index in [0.717, 1.165) is 11.4 Å². The average Bonchev–Trinajstić information content (AvgIpc) is 2.45. The number of rotatable bonds is 5. The molecule has 0 saturated carbocycles. The van der Waals surface area contributed by atoms with Crippen LogP contribution >= 0.6 is 0 Å². The molecular weight excluding hydrogens is 268 g/mol. The quantitative estimate of drug-likeness (QED) is 0.675. The van der Waals surface area contributed by atoms with Crippen molar-refractivity contribution in [3.8, 4) is 5.75 Å². The van der Waals surface area contributed by atoms with Crippen molar-refractivity contribution in [1.82, 2.24) is 4.98 Å². The Hall–Kier alpha value is -2.56. The lowest BCUT2D eigenvalue weighted by Gasteiger charge is -2.11. The van der Waals surface area contributed by atoms with E-state index in [1.165, 1.54) is 0 Å². The summed E-state index contributed by atoms with van der Waals surface area (Å²) in [6, 6.07) is 10.5. The van der Waals surface area contributed by atoms with Gasteiger partial charge in [-0.3, -0.25) is 4.98 Å². The number of hydrogen-bond donors (Lipinski definition) is 1. The molecule has 5 nitrogen and oxygen atoms in total. The molecule has 0 atom stereocenters. The molecule has 110 valence electrons. The van der Waals surface area contributed by atoms with Crippen LogP contribution in [0.2, 0.25) is 0 Å². The Labute approximate surface area is 123 Å². The first-order chi connectivity index (χ1) is 10.1. The lowest BCUT2D eigenvalue weighted by atomic mass is 10.2. The summed E-state index contributed by atoms with van der Waals surface area (Å²) < 4.78 is 10.7. The van der Waals surface area contributed by atoms with Crippen LogP contribution in [-0.4, -0.2) is 17.6 Å². The van der Waals surface area contributed by atoms with Gasteiger partial charge >= 0.3 is 5.97 Å². The fourth-order valence-electron chi connectivity index (χ4n) is 1.87. The summed E-state index contributed by atoms with van der Waals surface area (Å²) in [5.74, 6) is -0.0264. The van der Waals surface area contributed by atoms with Crippen molar-refractivity contribution in [1.29, 1.82) is 0 Å². The number of aromatic nitrogens is 1. The van der Waals surface area contributed by atoms with Gasteiger partial charge in [0.15, 0.2) is 0 Å². The fourth-order valence-corrected chi connectivity index (χ4v) is 1.87. The Morgan fingerprint density at radius 2 is 2.10 bits per heavy atom. The normalized spacial score (nSPS) is 10.2. The van der Waals surface area contributed by atoms with Crippen molar-refractivity contribution >= 4 is 11.7 Å². The molecule has 5 heteroatoms. The maximum absolute atomic E-state index is 11.9. The topological polar surface area (TPSA) is 74.4 Å². The minimum Gasteiger partial charge on any atom is -0.486 e. The molecule has 0 aliphatic rings. The zero-order valence-electron chi connectivity index (χ0n) is 12.1. The predicted octanol–water partition coefficient (Wildman–Crippen LogP) is 2.73. The predicted molar refractivity (Wildman–Crippen MR) is 80.1 cm³/mol. The summed E-state index contributed by atoms with van der Waals surface area (Å²) in [7, 11) is 0. The monoisotopic (exact) mass is 286 g/mol. The highest BCUT2D eigenvalue weighted by atomic mass is 16.5. The van der Waals surface area contributed by atoms with Crippen LogP contribution in [0.3, 0.4) is 0 Å². The van der Waals surface area contributed by atoms with Crippen molar-refractivity contribution < 1.29 is 14.3 Å². The molecule has 21 heavy (non-hydrogen) atoms. The molecule has 0 aliphatic heterocycles. The number of carbonyl (C=O) groups is 1. The summed E-state index contributed by atoms with van der Waals surface area (Å²) in [5, 5.41) is 0. The largest absolute Gasteiger partial charge is 0.486 e. The van der Waals surface area contributed by atoms with Gasteiger partial charge in [0.05, 0.1) is 12.3 Å². The summed E-state index contributed by atoms with van der Waals surface area (Å²) in [4.78, 5) is 16.2. The van der Waals surface area contributed by atoms with E-state index in [9.17, 15) is 4.79 Å². The average molecular weight is 286 g/mol. The minimum absolute atomic E-state index is 0.261. The van der Waals surface area contributed by atoms with Crippen molar-refractivity contribution in [2.24, 2.45) is 0 Å². The molecule has 0 fully saturated rings. The smallest absolute Gasteiger partial charge is 0.341 e. The second kappa shape index (κ2) is 6.74. The van der Waals surface area contributed by atoms with E-state index >= 15 is 0 Å². The maximum atomic E-state index is 11.9. The van der Waals surface area contributed by atoms with Gasteiger partial charge in [0, 0.05) is 17.4 Å². The third-order valence-electron chi connectivity index (χ3n) is 2.82. The second-order valence-electron chi connectivity index (χ2n) is 4.54. The number of esters is 1. The Morgan fingerprint density at radius 3 is 2.81 bits per heavy atom. The van der Waals surface area contributed by atoms with E-state index in [0.29, 0.717) is 23.6 Å². The zero-order valence-corrected chi connectivity index (χ0v) is 12.1. The number of nitrogen functional groups attached to an aromatic ring is 1. The number of anilines is 1. The first kappa shape index (κ1) is 14.8. The summed E-state index contributed by atoms with van der Waals surface area (Å²) in [5.41, 5.74) is 8.33. The van der Waals surface area contributed by atoms with Crippen molar-refractivity contribution in [2.45, 2.75) is 20.5 Å². The van der Waals surface area contributed by atoms with Gasteiger partial charge in [-0.25, -0.2) is 4.79 Å². The molecule has 0 bridgehead atoms. The third kappa shape index (κ3) is 3.95. The van der Waals surface area contributed by atoms with Crippen LogP contribution in [0.5, 0.6) is 5.75 Å². The molecule has 2 rings (SSSR count). The summed E-state index contributed by atoms with van der Waals surface area (Å²) in [6.45, 7) is 4.24. The van der Waals surface area contributed by atoms with Crippen LogP contribution in [-0.2, 0) is 11.3 Å². The van der Waals surface area contributed by atoms with Gasteiger partial charge in [0.25, 0.3) is 0 Å². The molecule has 1 aromatic heterocycles. The molecule has 0 aliphatic carbocycles. The molecular formula is C16H18N2O3. The molecule has 0 spiro atoms. The van der Waals surface area contributed by atoms with Gasteiger partial charge in [-0.15, -0.1) is 0 Å². The van der Waals surface area contributed by atoms with Gasteiger partial charge in [0.1, 0.15) is 17.9 Å². The van der Waals surface area contributed by atoms with E-state index in [2.05, 4.69) is 4.98 Å². The third-order valence-corrected chi connectivity index (χ3v) is 2.82. The van der Waals surface area contributed by atoms with Crippen LogP contribution in [0.1, 0.15) is 28.7 Å². The number of nitrogens with two attached hydrogens (primary N) is 1. The Kier molecular flexibility index (Phi) is 4.77. The van der Waals surface area contributed by atoms with Crippen LogP contribution in [0.25, 0.3) is 0 Å². The van der Waals surface area contributed by atoms with Crippen LogP contribution < -0.4 is 10.5 Å². The highest BCUT2D eigenvalue weighted by Gasteiger charge is 2.14. The lowest BCUT2D eigenvalue weighted by molar-refractivity contribution is 0.0521. The number of benzene rings is 1. The van der Waals surface area contributed by atoms with Gasteiger partial charge in [-0.2, -0.15) is 0 Å². The Balaban J connectivity index is 2.18. The van der Waals surface area contributed by atoms with Crippen LogP contribution in [0.4, 0.5) is 5.69 Å². The molecule has 1 heterocycles. The second-order valence-corrected chi connectivity index (χ2v) is 4.54. The van der Waals surface area contributed by atoms with E-state index in [-0.39, 0.29) is 6.61 Å². The standard InChI is InChI=1S/C16H18N2O3/c1-3-20-16(19)14-8-7-12(17)9-15(14)21-10-13-6-4-5-11(2)18-13/h4-9H,3,10,17H2,1-2H3. The minimum atomic E-state index is -0.426. The van der Waals surface area contributed by atoms with Gasteiger partial charge < -0.3 is 15.2 Å². The zero-order chi connectivity index (χ0) is 15.2. The SMILES string of the molecule is CCOC(=O)c1ccc(N)cc1OCc1cccc(C)n1. The lowest BCUT2D eigenvalue weighted by Crippen LogP contribution is -2.09. The first-order valence-corrected chi connectivity index (χ1v) is 6.72. The summed E-state index contributed by atoms with van der Waals surface area (Å²) >= 11 is 0.